The summed E-state index contributed by atoms with van der Waals surface area (Å²) in [7, 11) is -3.92. The van der Waals surface area contributed by atoms with Gasteiger partial charge in [-0.3, -0.25) is 4.98 Å². The molecule has 10 heteroatoms. The van der Waals surface area contributed by atoms with E-state index >= 15 is 0 Å². The van der Waals surface area contributed by atoms with Crippen molar-refractivity contribution in [3.05, 3.63) is 72.6 Å². The van der Waals surface area contributed by atoms with E-state index in [-0.39, 0.29) is 11.4 Å². The predicted octanol–water partition coefficient (Wildman–Crippen LogP) is 4.05. The minimum Gasteiger partial charge on any atom is -0.369 e. The van der Waals surface area contributed by atoms with Crippen LogP contribution in [0.4, 0.5) is 23.1 Å². The summed E-state index contributed by atoms with van der Waals surface area (Å²) in [6.07, 6.45) is 3.35. The topological polar surface area (TPSA) is 103 Å². The van der Waals surface area contributed by atoms with E-state index in [0.717, 1.165) is 36.3 Å². The molecule has 0 spiro atoms. The van der Waals surface area contributed by atoms with Crippen LogP contribution in [-0.4, -0.2) is 55.6 Å². The summed E-state index contributed by atoms with van der Waals surface area (Å²) in [6, 6.07) is 17.5. The van der Waals surface area contributed by atoms with Crippen LogP contribution in [0.15, 0.2) is 71.9 Å². The number of para-hydroxylation sites is 1. The highest BCUT2D eigenvalue weighted by atomic mass is 32.2. The Morgan fingerprint density at radius 3 is 2.63 bits per heavy atom. The normalized spacial score (nSPS) is 19.0. The van der Waals surface area contributed by atoms with E-state index in [1.807, 2.05) is 38.1 Å². The average Bonchev–Trinajstić information content (AvgIpc) is 3.19. The lowest BCUT2D eigenvalue weighted by atomic mass is 9.89. The molecule has 0 bridgehead atoms. The molecule has 6 rings (SSSR count). The second kappa shape index (κ2) is 9.21. The number of benzene rings is 2. The third kappa shape index (κ3) is 4.33. The summed E-state index contributed by atoms with van der Waals surface area (Å²) in [4.78, 5) is 16.1. The first-order valence-corrected chi connectivity index (χ1v) is 14.3. The van der Waals surface area contributed by atoms with Crippen molar-refractivity contribution >= 4 is 44.1 Å². The molecule has 0 radical (unpaired) electrons. The molecule has 0 aliphatic carbocycles. The molecule has 1 atom stereocenters. The first-order valence-electron chi connectivity index (χ1n) is 12.8. The first kappa shape index (κ1) is 24.6. The number of anilines is 4. The Morgan fingerprint density at radius 1 is 1.05 bits per heavy atom. The molecule has 9 nitrogen and oxygen atoms in total. The molecule has 2 aromatic carbocycles. The van der Waals surface area contributed by atoms with Gasteiger partial charge in [0, 0.05) is 72.4 Å². The average molecular weight is 530 g/mol. The van der Waals surface area contributed by atoms with Crippen LogP contribution in [0.25, 0.3) is 10.9 Å². The quantitative estimate of drug-likeness (QED) is 0.399. The Kier molecular flexibility index (Phi) is 5.96. The van der Waals surface area contributed by atoms with Crippen molar-refractivity contribution in [1.29, 1.82) is 0 Å². The fraction of sp³-hybridized carbons (Fsp3) is 0.321. The lowest BCUT2D eigenvalue weighted by Crippen LogP contribution is -2.49. The SMILES string of the molecule is C[C@@H]1CN(c2ccc(Nc3ncc4c(n3)N(S(=O)(=O)c3cccc5cccnc35)CC4(C)C)cc2)CCN1. The highest BCUT2D eigenvalue weighted by Gasteiger charge is 2.43. The highest BCUT2D eigenvalue weighted by Crippen LogP contribution is 2.42. The summed E-state index contributed by atoms with van der Waals surface area (Å²) in [5.41, 5.74) is 2.81. The van der Waals surface area contributed by atoms with Crippen LogP contribution in [0.1, 0.15) is 26.3 Å². The lowest BCUT2D eigenvalue weighted by molar-refractivity contribution is 0.485. The fourth-order valence-corrected chi connectivity index (χ4v) is 7.04. The van der Waals surface area contributed by atoms with Crippen LogP contribution in [0.3, 0.4) is 0 Å². The summed E-state index contributed by atoms with van der Waals surface area (Å²) in [5, 5.41) is 7.49. The van der Waals surface area contributed by atoms with E-state index in [0.29, 0.717) is 23.3 Å². The van der Waals surface area contributed by atoms with E-state index < -0.39 is 15.4 Å². The monoisotopic (exact) mass is 529 g/mol. The van der Waals surface area contributed by atoms with E-state index in [9.17, 15) is 8.42 Å². The van der Waals surface area contributed by atoms with E-state index in [4.69, 9.17) is 4.98 Å². The van der Waals surface area contributed by atoms with Gasteiger partial charge in [0.05, 0.1) is 5.52 Å². The summed E-state index contributed by atoms with van der Waals surface area (Å²) in [5.74, 6) is 0.744. The van der Waals surface area contributed by atoms with Gasteiger partial charge in [0.1, 0.15) is 4.90 Å². The number of fused-ring (bicyclic) bond motifs is 2. The molecule has 1 saturated heterocycles. The maximum Gasteiger partial charge on any atom is 0.267 e. The number of hydrogen-bond acceptors (Lipinski definition) is 8. The molecule has 4 heterocycles. The van der Waals surface area contributed by atoms with Crippen LogP contribution in [0.5, 0.6) is 0 Å². The second-order valence-corrected chi connectivity index (χ2v) is 12.5. The van der Waals surface area contributed by atoms with Crippen molar-refractivity contribution in [3.8, 4) is 0 Å². The molecule has 2 aliphatic heterocycles. The van der Waals surface area contributed by atoms with Gasteiger partial charge in [-0.25, -0.2) is 17.7 Å². The minimum absolute atomic E-state index is 0.171. The van der Waals surface area contributed by atoms with Gasteiger partial charge in [-0.15, -0.1) is 0 Å². The Bertz CT molecular complexity index is 1600. The molecule has 4 aromatic rings. The van der Waals surface area contributed by atoms with Crippen molar-refractivity contribution in [2.45, 2.75) is 37.1 Å². The third-order valence-electron chi connectivity index (χ3n) is 7.29. The summed E-state index contributed by atoms with van der Waals surface area (Å²) in [6.45, 7) is 9.38. The number of piperazine rings is 1. The smallest absolute Gasteiger partial charge is 0.267 e. The van der Waals surface area contributed by atoms with Crippen LogP contribution >= 0.6 is 0 Å². The molecule has 0 amide bonds. The Balaban J connectivity index is 1.31. The van der Waals surface area contributed by atoms with E-state index in [2.05, 4.69) is 44.6 Å². The number of rotatable bonds is 5. The number of nitrogens with zero attached hydrogens (tertiary/aromatic N) is 5. The number of sulfonamides is 1. The highest BCUT2D eigenvalue weighted by molar-refractivity contribution is 7.93. The Labute approximate surface area is 223 Å². The Hall–Kier alpha value is -3.76. The number of hydrogen-bond donors (Lipinski definition) is 2. The van der Waals surface area contributed by atoms with Crippen LogP contribution in [-0.2, 0) is 15.4 Å². The molecule has 0 saturated carbocycles. The standard InChI is InChI=1S/C28H31N7O2S/c1-19-17-34(15-14-29-19)22-11-9-21(10-12-22)32-27-31-16-23-26(33-27)35(18-28(23,2)3)38(36,37)24-8-4-6-20-7-5-13-30-25(20)24/h4-13,16,19,29H,14-15,17-18H2,1-3H3,(H,31,32,33)/t19-/m1/s1. The van der Waals surface area contributed by atoms with Crippen molar-refractivity contribution in [1.82, 2.24) is 20.3 Å². The van der Waals surface area contributed by atoms with E-state index in [1.54, 1.807) is 30.6 Å². The summed E-state index contributed by atoms with van der Waals surface area (Å²) < 4.78 is 29.3. The molecular formula is C28H31N7O2S. The molecular weight excluding hydrogens is 498 g/mol. The van der Waals surface area contributed by atoms with Gasteiger partial charge in [0.2, 0.25) is 5.95 Å². The maximum atomic E-state index is 14.0. The summed E-state index contributed by atoms with van der Waals surface area (Å²) >= 11 is 0. The van der Waals surface area contributed by atoms with Crippen molar-refractivity contribution in [3.63, 3.8) is 0 Å². The molecule has 1 fully saturated rings. The molecule has 38 heavy (non-hydrogen) atoms. The molecule has 2 N–H and O–H groups in total. The minimum atomic E-state index is -3.92. The van der Waals surface area contributed by atoms with Crippen LogP contribution in [0, 0.1) is 0 Å². The Morgan fingerprint density at radius 2 is 1.84 bits per heavy atom. The molecule has 2 aromatic heterocycles. The zero-order valence-electron chi connectivity index (χ0n) is 21.7. The van der Waals surface area contributed by atoms with Crippen molar-refractivity contribution < 1.29 is 8.42 Å². The third-order valence-corrected chi connectivity index (χ3v) is 9.06. The number of pyridine rings is 1. The van der Waals surface area contributed by atoms with Crippen LogP contribution < -0.4 is 19.8 Å². The molecule has 2 aliphatic rings. The second-order valence-electron chi connectivity index (χ2n) is 10.6. The predicted molar refractivity (Wildman–Crippen MR) is 151 cm³/mol. The van der Waals surface area contributed by atoms with E-state index in [1.165, 1.54) is 9.99 Å². The van der Waals surface area contributed by atoms with Gasteiger partial charge < -0.3 is 15.5 Å². The van der Waals surface area contributed by atoms with Gasteiger partial charge in [-0.2, -0.15) is 4.98 Å². The number of aromatic nitrogens is 3. The zero-order chi connectivity index (χ0) is 26.5. The zero-order valence-corrected chi connectivity index (χ0v) is 22.5. The van der Waals surface area contributed by atoms with Gasteiger partial charge in [0.15, 0.2) is 5.82 Å². The van der Waals surface area contributed by atoms with Gasteiger partial charge in [-0.1, -0.05) is 32.0 Å². The van der Waals surface area contributed by atoms with Gasteiger partial charge in [0.25, 0.3) is 10.0 Å². The number of nitrogens with one attached hydrogen (secondary N) is 2. The van der Waals surface area contributed by atoms with Crippen LogP contribution in [0.2, 0.25) is 0 Å². The lowest BCUT2D eigenvalue weighted by Gasteiger charge is -2.33. The molecule has 196 valence electrons. The first-order chi connectivity index (χ1) is 18.2. The fourth-order valence-electron chi connectivity index (χ4n) is 5.27. The largest absolute Gasteiger partial charge is 0.369 e. The van der Waals surface area contributed by atoms with Crippen molar-refractivity contribution in [2.75, 3.05) is 40.7 Å². The van der Waals surface area contributed by atoms with Gasteiger partial charge in [-0.05, 0) is 43.3 Å². The maximum absolute atomic E-state index is 14.0. The van der Waals surface area contributed by atoms with Crippen molar-refractivity contribution in [2.24, 2.45) is 0 Å². The molecule has 0 unspecified atom stereocenters. The van der Waals surface area contributed by atoms with Gasteiger partial charge >= 0.3 is 0 Å².